The molecule has 0 amide bonds. The van der Waals surface area contributed by atoms with Gasteiger partial charge in [0.2, 0.25) is 0 Å². The second-order valence-corrected chi connectivity index (χ2v) is 5.15. The fourth-order valence-electron chi connectivity index (χ4n) is 2.41. The summed E-state index contributed by atoms with van der Waals surface area (Å²) in [6, 6.07) is 8.62. The van der Waals surface area contributed by atoms with Gasteiger partial charge in [-0.25, -0.2) is 0 Å². The predicted octanol–water partition coefficient (Wildman–Crippen LogP) is 5.14. The predicted molar refractivity (Wildman–Crippen MR) is 73.3 cm³/mol. The minimum atomic E-state index is 0.518. The SMILES string of the molecule is CCCC(C)CC(CCl)c1ccccc1C. The summed E-state index contributed by atoms with van der Waals surface area (Å²) in [6.07, 6.45) is 3.78. The first-order chi connectivity index (χ1) is 7.69. The van der Waals surface area contributed by atoms with Crippen LogP contribution in [-0.2, 0) is 0 Å². The molecule has 1 rings (SSSR count). The molecule has 0 fully saturated rings. The standard InChI is InChI=1S/C15H23Cl/c1-4-7-12(2)10-14(11-16)15-9-6-5-8-13(15)3/h5-6,8-9,12,14H,4,7,10-11H2,1-3H3. The molecule has 0 aliphatic rings. The number of hydrogen-bond donors (Lipinski definition) is 0. The van der Waals surface area contributed by atoms with Crippen LogP contribution in [0.5, 0.6) is 0 Å². The van der Waals surface area contributed by atoms with Gasteiger partial charge in [0.05, 0.1) is 0 Å². The molecule has 0 aromatic heterocycles. The maximum absolute atomic E-state index is 6.12. The van der Waals surface area contributed by atoms with Crippen molar-refractivity contribution in [2.45, 2.75) is 46.0 Å². The Morgan fingerprint density at radius 3 is 2.50 bits per heavy atom. The summed E-state index contributed by atoms with van der Waals surface area (Å²) >= 11 is 6.12. The van der Waals surface area contributed by atoms with Crippen LogP contribution in [0.3, 0.4) is 0 Å². The lowest BCUT2D eigenvalue weighted by molar-refractivity contribution is 0.450. The second-order valence-electron chi connectivity index (χ2n) is 4.84. The van der Waals surface area contributed by atoms with Crippen molar-refractivity contribution in [1.29, 1.82) is 0 Å². The van der Waals surface area contributed by atoms with Gasteiger partial charge < -0.3 is 0 Å². The van der Waals surface area contributed by atoms with Crippen LogP contribution in [0.25, 0.3) is 0 Å². The monoisotopic (exact) mass is 238 g/mol. The quantitative estimate of drug-likeness (QED) is 0.602. The maximum Gasteiger partial charge on any atom is 0.0292 e. The molecule has 0 saturated carbocycles. The minimum absolute atomic E-state index is 0.518. The molecule has 0 aliphatic heterocycles. The Morgan fingerprint density at radius 1 is 1.25 bits per heavy atom. The molecule has 0 spiro atoms. The molecule has 0 aliphatic carbocycles. The lowest BCUT2D eigenvalue weighted by atomic mass is 9.87. The van der Waals surface area contributed by atoms with Gasteiger partial charge in [-0.05, 0) is 36.3 Å². The van der Waals surface area contributed by atoms with Gasteiger partial charge >= 0.3 is 0 Å². The third kappa shape index (κ3) is 3.83. The van der Waals surface area contributed by atoms with Crippen LogP contribution in [0.4, 0.5) is 0 Å². The summed E-state index contributed by atoms with van der Waals surface area (Å²) in [6.45, 7) is 6.76. The zero-order valence-corrected chi connectivity index (χ0v) is 11.4. The molecule has 2 atom stereocenters. The van der Waals surface area contributed by atoms with Crippen LogP contribution in [0.15, 0.2) is 24.3 Å². The highest BCUT2D eigenvalue weighted by Gasteiger charge is 2.15. The fraction of sp³-hybridized carbons (Fsp3) is 0.600. The Hall–Kier alpha value is -0.490. The highest BCUT2D eigenvalue weighted by molar-refractivity contribution is 6.18. The normalized spacial score (nSPS) is 14.8. The highest BCUT2D eigenvalue weighted by atomic mass is 35.5. The van der Waals surface area contributed by atoms with Crippen LogP contribution in [0, 0.1) is 12.8 Å². The first-order valence-corrected chi connectivity index (χ1v) is 6.84. The summed E-state index contributed by atoms with van der Waals surface area (Å²) in [5, 5.41) is 0. The van der Waals surface area contributed by atoms with Crippen molar-refractivity contribution in [1.82, 2.24) is 0 Å². The average Bonchev–Trinajstić information content (AvgIpc) is 2.27. The van der Waals surface area contributed by atoms with Gasteiger partial charge in [-0.1, -0.05) is 51.0 Å². The van der Waals surface area contributed by atoms with Gasteiger partial charge in [0, 0.05) is 5.88 Å². The van der Waals surface area contributed by atoms with Gasteiger partial charge in [0.15, 0.2) is 0 Å². The Labute approximate surface area is 105 Å². The van der Waals surface area contributed by atoms with Crippen molar-refractivity contribution >= 4 is 11.6 Å². The first-order valence-electron chi connectivity index (χ1n) is 6.30. The van der Waals surface area contributed by atoms with Crippen LogP contribution >= 0.6 is 11.6 Å². The molecular formula is C15H23Cl. The van der Waals surface area contributed by atoms with E-state index >= 15 is 0 Å². The van der Waals surface area contributed by atoms with Crippen LogP contribution in [0.1, 0.15) is 50.2 Å². The van der Waals surface area contributed by atoms with Gasteiger partial charge in [-0.15, -0.1) is 11.6 Å². The average molecular weight is 239 g/mol. The van der Waals surface area contributed by atoms with Crippen LogP contribution in [0.2, 0.25) is 0 Å². The van der Waals surface area contributed by atoms with E-state index in [0.717, 1.165) is 11.8 Å². The number of halogens is 1. The number of aryl methyl sites for hydroxylation is 1. The summed E-state index contributed by atoms with van der Waals surface area (Å²) in [5.41, 5.74) is 2.80. The van der Waals surface area contributed by atoms with Crippen molar-refractivity contribution in [2.24, 2.45) is 5.92 Å². The van der Waals surface area contributed by atoms with E-state index in [1.807, 2.05) is 0 Å². The van der Waals surface area contributed by atoms with Gasteiger partial charge in [0.1, 0.15) is 0 Å². The van der Waals surface area contributed by atoms with E-state index in [-0.39, 0.29) is 0 Å². The molecule has 0 heterocycles. The summed E-state index contributed by atoms with van der Waals surface area (Å²) in [4.78, 5) is 0. The maximum atomic E-state index is 6.12. The Morgan fingerprint density at radius 2 is 1.94 bits per heavy atom. The number of alkyl halides is 1. The lowest BCUT2D eigenvalue weighted by Crippen LogP contribution is -2.08. The number of benzene rings is 1. The number of hydrogen-bond acceptors (Lipinski definition) is 0. The van der Waals surface area contributed by atoms with E-state index in [1.54, 1.807) is 0 Å². The van der Waals surface area contributed by atoms with Crippen molar-refractivity contribution in [3.8, 4) is 0 Å². The summed E-state index contributed by atoms with van der Waals surface area (Å²) in [7, 11) is 0. The Kier molecular flexibility index (Phi) is 5.90. The van der Waals surface area contributed by atoms with Crippen molar-refractivity contribution in [3.05, 3.63) is 35.4 Å². The van der Waals surface area contributed by atoms with E-state index in [9.17, 15) is 0 Å². The summed E-state index contributed by atoms with van der Waals surface area (Å²) in [5.74, 6) is 2.02. The van der Waals surface area contributed by atoms with Gasteiger partial charge in [-0.3, -0.25) is 0 Å². The molecule has 1 aromatic rings. The zero-order chi connectivity index (χ0) is 12.0. The largest absolute Gasteiger partial charge is 0.126 e. The minimum Gasteiger partial charge on any atom is -0.126 e. The highest BCUT2D eigenvalue weighted by Crippen LogP contribution is 2.29. The van der Waals surface area contributed by atoms with E-state index in [0.29, 0.717) is 5.92 Å². The number of rotatable bonds is 6. The van der Waals surface area contributed by atoms with E-state index in [1.165, 1.54) is 30.4 Å². The molecule has 0 bridgehead atoms. The first kappa shape index (κ1) is 13.6. The van der Waals surface area contributed by atoms with Crippen LogP contribution in [-0.4, -0.2) is 5.88 Å². The smallest absolute Gasteiger partial charge is 0.0292 e. The summed E-state index contributed by atoms with van der Waals surface area (Å²) < 4.78 is 0. The Balaban J connectivity index is 2.71. The van der Waals surface area contributed by atoms with Crippen molar-refractivity contribution in [3.63, 3.8) is 0 Å². The molecule has 0 nitrogen and oxygen atoms in total. The zero-order valence-electron chi connectivity index (χ0n) is 10.7. The molecule has 1 aromatic carbocycles. The third-order valence-electron chi connectivity index (χ3n) is 3.28. The second kappa shape index (κ2) is 6.96. The molecule has 90 valence electrons. The molecular weight excluding hydrogens is 216 g/mol. The lowest BCUT2D eigenvalue weighted by Gasteiger charge is -2.20. The molecule has 2 unspecified atom stereocenters. The fourth-order valence-corrected chi connectivity index (χ4v) is 2.71. The third-order valence-corrected chi connectivity index (χ3v) is 3.66. The van der Waals surface area contributed by atoms with Crippen molar-refractivity contribution in [2.75, 3.05) is 5.88 Å². The molecule has 0 radical (unpaired) electrons. The van der Waals surface area contributed by atoms with E-state index in [2.05, 4.69) is 45.0 Å². The van der Waals surface area contributed by atoms with Crippen molar-refractivity contribution < 1.29 is 0 Å². The van der Waals surface area contributed by atoms with E-state index < -0.39 is 0 Å². The Bertz CT molecular complexity index is 306. The molecule has 16 heavy (non-hydrogen) atoms. The topological polar surface area (TPSA) is 0 Å². The van der Waals surface area contributed by atoms with Gasteiger partial charge in [-0.2, -0.15) is 0 Å². The molecule has 1 heteroatoms. The van der Waals surface area contributed by atoms with Crippen LogP contribution < -0.4 is 0 Å². The van der Waals surface area contributed by atoms with Gasteiger partial charge in [0.25, 0.3) is 0 Å². The van der Waals surface area contributed by atoms with E-state index in [4.69, 9.17) is 11.6 Å². The molecule has 0 N–H and O–H groups in total. The molecule has 0 saturated heterocycles.